The second-order valence-electron chi connectivity index (χ2n) is 10.1. The molecule has 0 saturated carbocycles. The van der Waals surface area contributed by atoms with Gasteiger partial charge in [-0.25, -0.2) is 0 Å². The first-order valence-electron chi connectivity index (χ1n) is 13.2. The molecule has 4 amide bonds. The molecular weight excluding hydrogens is 506 g/mol. The predicted octanol–water partition coefficient (Wildman–Crippen LogP) is 3.04. The molecule has 1 aromatic carbocycles. The van der Waals surface area contributed by atoms with Crippen LogP contribution in [-0.4, -0.2) is 65.2 Å². The van der Waals surface area contributed by atoms with Gasteiger partial charge in [0.15, 0.2) is 0 Å². The zero-order chi connectivity index (χ0) is 27.7. The van der Waals surface area contributed by atoms with Gasteiger partial charge < -0.3 is 25.8 Å². The molecule has 1 aliphatic rings. The highest BCUT2D eigenvalue weighted by molar-refractivity contribution is 6.30. The molecule has 2 heterocycles. The average Bonchev–Trinajstić information content (AvgIpc) is 3.35. The van der Waals surface area contributed by atoms with Crippen LogP contribution in [0.3, 0.4) is 0 Å². The van der Waals surface area contributed by atoms with Crippen molar-refractivity contribution in [2.75, 3.05) is 19.6 Å². The molecule has 0 bridgehead atoms. The average molecular weight is 544 g/mol. The summed E-state index contributed by atoms with van der Waals surface area (Å²) in [4.78, 5) is 55.9. The van der Waals surface area contributed by atoms with Crippen LogP contribution in [-0.2, 0) is 25.6 Å². The fourth-order valence-electron chi connectivity index (χ4n) is 4.36. The Morgan fingerprint density at radius 2 is 1.71 bits per heavy atom. The van der Waals surface area contributed by atoms with Crippen LogP contribution < -0.4 is 16.0 Å². The van der Waals surface area contributed by atoms with E-state index < -0.39 is 18.0 Å². The molecule has 4 N–H and O–H groups in total. The number of amides is 4. The number of benzene rings is 1. The number of hydrogen-bond acceptors (Lipinski definition) is 4. The summed E-state index contributed by atoms with van der Waals surface area (Å²) in [5.41, 5.74) is 2.94. The fourth-order valence-corrected chi connectivity index (χ4v) is 4.49. The summed E-state index contributed by atoms with van der Waals surface area (Å²) in [6.45, 7) is 6.58. The SMILES string of the molecule is CC(C)[C@H]1NC(=O)[C@@H](C)NC(=O)CCCN(C(=O)CCc2ccc(-c3ccc(Cl)cc3)[nH]2)CCCNC1=O. The Hall–Kier alpha value is -3.33. The maximum absolute atomic E-state index is 13.1. The lowest BCUT2D eigenvalue weighted by Crippen LogP contribution is -2.54. The van der Waals surface area contributed by atoms with E-state index >= 15 is 0 Å². The maximum Gasteiger partial charge on any atom is 0.242 e. The fraction of sp³-hybridized carbons (Fsp3) is 0.500. The van der Waals surface area contributed by atoms with Gasteiger partial charge in [0.1, 0.15) is 12.1 Å². The quantitative estimate of drug-likeness (QED) is 0.463. The number of aromatic nitrogens is 1. The molecule has 0 aliphatic carbocycles. The maximum atomic E-state index is 13.1. The third-order valence-electron chi connectivity index (χ3n) is 6.62. The molecule has 2 atom stereocenters. The standard InChI is InChI=1S/C28H38ClN5O4/c1-18(2)26-28(38)30-15-5-17-34(16-4-6-24(35)31-19(3)27(37)33-26)25(36)14-12-22-11-13-23(32-22)20-7-9-21(29)10-8-20/h7-11,13,18-19,26,32H,4-6,12,14-17H2,1-3H3,(H,30,38)(H,31,35)(H,33,37)/t19-,26-/m1/s1. The monoisotopic (exact) mass is 543 g/mol. The van der Waals surface area contributed by atoms with Crippen LogP contribution in [0.2, 0.25) is 5.02 Å². The molecule has 2 aromatic rings. The first kappa shape index (κ1) is 29.2. The van der Waals surface area contributed by atoms with Crippen molar-refractivity contribution in [2.24, 2.45) is 5.92 Å². The molecular formula is C28H38ClN5O4. The Morgan fingerprint density at radius 3 is 2.42 bits per heavy atom. The molecule has 1 saturated heterocycles. The van der Waals surface area contributed by atoms with Crippen LogP contribution >= 0.6 is 11.6 Å². The Bertz CT molecular complexity index is 1110. The summed E-state index contributed by atoms with van der Waals surface area (Å²) >= 11 is 5.98. The number of carbonyl (C=O) groups is 4. The highest BCUT2D eigenvalue weighted by Crippen LogP contribution is 2.21. The van der Waals surface area contributed by atoms with Crippen molar-refractivity contribution in [3.05, 3.63) is 47.1 Å². The largest absolute Gasteiger partial charge is 0.358 e. The van der Waals surface area contributed by atoms with E-state index in [1.54, 1.807) is 11.8 Å². The van der Waals surface area contributed by atoms with Gasteiger partial charge in [-0.1, -0.05) is 37.6 Å². The first-order valence-corrected chi connectivity index (χ1v) is 13.6. The number of H-pyrrole nitrogens is 1. The van der Waals surface area contributed by atoms with Crippen LogP contribution in [0.25, 0.3) is 11.3 Å². The van der Waals surface area contributed by atoms with Gasteiger partial charge in [-0.15, -0.1) is 0 Å². The minimum Gasteiger partial charge on any atom is -0.358 e. The normalized spacial score (nSPS) is 20.2. The highest BCUT2D eigenvalue weighted by Gasteiger charge is 2.27. The van der Waals surface area contributed by atoms with E-state index in [2.05, 4.69) is 20.9 Å². The number of aromatic amines is 1. The number of aryl methyl sites for hydroxylation is 1. The number of carbonyl (C=O) groups excluding carboxylic acids is 4. The van der Waals surface area contributed by atoms with E-state index in [0.717, 1.165) is 17.0 Å². The first-order chi connectivity index (χ1) is 18.1. The van der Waals surface area contributed by atoms with E-state index in [4.69, 9.17) is 11.6 Å². The third-order valence-corrected chi connectivity index (χ3v) is 6.87. The van der Waals surface area contributed by atoms with Gasteiger partial charge in [-0.05, 0) is 61.9 Å². The molecule has 1 aromatic heterocycles. The molecule has 0 spiro atoms. The topological polar surface area (TPSA) is 123 Å². The molecule has 38 heavy (non-hydrogen) atoms. The van der Waals surface area contributed by atoms with Crippen molar-refractivity contribution < 1.29 is 19.2 Å². The molecule has 1 aliphatic heterocycles. The summed E-state index contributed by atoms with van der Waals surface area (Å²) in [6, 6.07) is 10.0. The number of halogens is 1. The van der Waals surface area contributed by atoms with E-state index in [1.165, 1.54) is 0 Å². The summed E-state index contributed by atoms with van der Waals surface area (Å²) in [6.07, 6.45) is 2.14. The second-order valence-corrected chi connectivity index (χ2v) is 10.5. The van der Waals surface area contributed by atoms with Crippen LogP contribution in [0.15, 0.2) is 36.4 Å². The van der Waals surface area contributed by atoms with Crippen molar-refractivity contribution >= 4 is 35.2 Å². The van der Waals surface area contributed by atoms with Crippen LogP contribution in [0.1, 0.15) is 52.1 Å². The van der Waals surface area contributed by atoms with Gasteiger partial charge >= 0.3 is 0 Å². The third kappa shape index (κ3) is 8.62. The van der Waals surface area contributed by atoms with Gasteiger partial charge in [0.05, 0.1) is 0 Å². The van der Waals surface area contributed by atoms with Gasteiger partial charge in [0.25, 0.3) is 0 Å². The summed E-state index contributed by atoms with van der Waals surface area (Å²) in [5.74, 6) is -1.07. The summed E-state index contributed by atoms with van der Waals surface area (Å²) < 4.78 is 0. The minimum absolute atomic E-state index is 0.00559. The lowest BCUT2D eigenvalue weighted by molar-refractivity contribution is -0.132. The van der Waals surface area contributed by atoms with Gasteiger partial charge in [0, 0.05) is 48.9 Å². The van der Waals surface area contributed by atoms with Gasteiger partial charge in [0.2, 0.25) is 23.6 Å². The molecule has 10 heteroatoms. The Kier molecular flexibility index (Phi) is 10.8. The zero-order valence-electron chi connectivity index (χ0n) is 22.3. The number of hydrogen-bond donors (Lipinski definition) is 4. The lowest BCUT2D eigenvalue weighted by atomic mass is 10.0. The molecule has 1 fully saturated rings. The van der Waals surface area contributed by atoms with Gasteiger partial charge in [-0.2, -0.15) is 0 Å². The highest BCUT2D eigenvalue weighted by atomic mass is 35.5. The Labute approximate surface area is 229 Å². The molecule has 9 nitrogen and oxygen atoms in total. The van der Waals surface area contributed by atoms with Crippen LogP contribution in [0.5, 0.6) is 0 Å². The van der Waals surface area contributed by atoms with E-state index in [1.807, 2.05) is 50.2 Å². The lowest BCUT2D eigenvalue weighted by Gasteiger charge is -2.24. The Morgan fingerprint density at radius 1 is 1.00 bits per heavy atom. The Balaban J connectivity index is 1.61. The van der Waals surface area contributed by atoms with Crippen molar-refractivity contribution in [1.82, 2.24) is 25.8 Å². The van der Waals surface area contributed by atoms with Crippen molar-refractivity contribution in [2.45, 2.75) is 65.0 Å². The van der Waals surface area contributed by atoms with E-state index in [0.29, 0.717) is 50.3 Å². The number of nitrogens with zero attached hydrogens (tertiary/aromatic N) is 1. The van der Waals surface area contributed by atoms with E-state index in [-0.39, 0.29) is 30.1 Å². The summed E-state index contributed by atoms with van der Waals surface area (Å²) in [5, 5.41) is 8.98. The van der Waals surface area contributed by atoms with Crippen LogP contribution in [0, 0.1) is 5.92 Å². The van der Waals surface area contributed by atoms with Crippen LogP contribution in [0.4, 0.5) is 0 Å². The number of nitrogens with one attached hydrogen (secondary N) is 4. The van der Waals surface area contributed by atoms with Crippen molar-refractivity contribution in [1.29, 1.82) is 0 Å². The number of rotatable bonds is 5. The zero-order valence-corrected chi connectivity index (χ0v) is 23.1. The molecule has 206 valence electrons. The smallest absolute Gasteiger partial charge is 0.242 e. The second kappa shape index (κ2) is 14.0. The van der Waals surface area contributed by atoms with E-state index in [9.17, 15) is 19.2 Å². The van der Waals surface area contributed by atoms with Gasteiger partial charge in [-0.3, -0.25) is 19.2 Å². The minimum atomic E-state index is -0.766. The summed E-state index contributed by atoms with van der Waals surface area (Å²) in [7, 11) is 0. The van der Waals surface area contributed by atoms with Crippen molar-refractivity contribution in [3.8, 4) is 11.3 Å². The van der Waals surface area contributed by atoms with Crippen molar-refractivity contribution in [3.63, 3.8) is 0 Å². The molecule has 0 radical (unpaired) electrons. The predicted molar refractivity (Wildman–Crippen MR) is 147 cm³/mol. The molecule has 0 unspecified atom stereocenters. The molecule has 3 rings (SSSR count).